The number of nitrogens with one attached hydrogen (secondary N) is 2. The minimum absolute atomic E-state index is 0.0202. The lowest BCUT2D eigenvalue weighted by Crippen LogP contribution is -2.53. The molecular weight excluding hydrogens is 590 g/mol. The van der Waals surface area contributed by atoms with E-state index in [9.17, 15) is 29.1 Å². The molecule has 0 saturated heterocycles. The summed E-state index contributed by atoms with van der Waals surface area (Å²) >= 11 is 1.35. The van der Waals surface area contributed by atoms with Crippen molar-refractivity contribution >= 4 is 41.5 Å². The third-order valence-electron chi connectivity index (χ3n) is 8.33. The Morgan fingerprint density at radius 2 is 1.86 bits per heavy atom. The number of esters is 1. The van der Waals surface area contributed by atoms with Crippen LogP contribution in [0.5, 0.6) is 0 Å². The summed E-state index contributed by atoms with van der Waals surface area (Å²) in [7, 11) is 0. The number of rotatable bonds is 15. The molecule has 238 valence electrons. The SMILES string of the molecule is CCCC1(SCC(NC(=O)CCC(N)C(=O)O)C(=O)NC(O)C(=O)O)CCC2CC(Cc3ccccc3)=CC3C(=O)OC1=C23. The van der Waals surface area contributed by atoms with Crippen molar-refractivity contribution in [2.24, 2.45) is 17.6 Å². The molecule has 0 radical (unpaired) electrons. The molecule has 6 atom stereocenters. The Kier molecular flexibility index (Phi) is 10.9. The summed E-state index contributed by atoms with van der Waals surface area (Å²) in [6, 6.07) is 7.55. The van der Waals surface area contributed by atoms with Crippen LogP contribution in [0.4, 0.5) is 0 Å². The van der Waals surface area contributed by atoms with Gasteiger partial charge in [-0.25, -0.2) is 4.79 Å². The number of aliphatic hydroxyl groups excluding tert-OH is 1. The van der Waals surface area contributed by atoms with Crippen molar-refractivity contribution in [3.8, 4) is 0 Å². The van der Waals surface area contributed by atoms with Gasteiger partial charge in [0.05, 0.1) is 4.75 Å². The molecule has 0 saturated carbocycles. The third-order valence-corrected chi connectivity index (χ3v) is 9.98. The van der Waals surface area contributed by atoms with Crippen LogP contribution in [-0.4, -0.2) is 73.9 Å². The number of allylic oxidation sites excluding steroid dienone is 1. The fourth-order valence-electron chi connectivity index (χ4n) is 6.19. The van der Waals surface area contributed by atoms with Crippen molar-refractivity contribution in [3.05, 3.63) is 58.9 Å². The van der Waals surface area contributed by atoms with Crippen molar-refractivity contribution < 1.29 is 44.0 Å². The van der Waals surface area contributed by atoms with Gasteiger partial charge in [0.2, 0.25) is 18.0 Å². The van der Waals surface area contributed by atoms with Gasteiger partial charge in [-0.05, 0) is 55.6 Å². The molecule has 1 aromatic rings. The largest absolute Gasteiger partial charge is 0.480 e. The van der Waals surface area contributed by atoms with E-state index in [0.29, 0.717) is 18.6 Å². The average Bonchev–Trinajstić information content (AvgIpc) is 3.33. The smallest absolute Gasteiger partial charge is 0.353 e. The Labute approximate surface area is 259 Å². The highest BCUT2D eigenvalue weighted by molar-refractivity contribution is 8.00. The highest BCUT2D eigenvalue weighted by atomic mass is 32.2. The number of carboxylic acid groups (broad SMARTS) is 2. The Bertz CT molecular complexity index is 1350. The van der Waals surface area contributed by atoms with Crippen LogP contribution in [0.1, 0.15) is 57.4 Å². The van der Waals surface area contributed by atoms with E-state index in [1.807, 2.05) is 36.5 Å². The van der Waals surface area contributed by atoms with Crippen molar-refractivity contribution in [1.29, 1.82) is 0 Å². The summed E-state index contributed by atoms with van der Waals surface area (Å²) < 4.78 is 5.35. The van der Waals surface area contributed by atoms with Gasteiger partial charge in [-0.3, -0.25) is 19.2 Å². The predicted molar refractivity (Wildman–Crippen MR) is 161 cm³/mol. The second kappa shape index (κ2) is 14.4. The molecular formula is C31H39N3O9S. The number of aliphatic hydroxyl groups is 1. The van der Waals surface area contributed by atoms with Gasteiger partial charge in [0.25, 0.3) is 0 Å². The molecule has 12 nitrogen and oxygen atoms in total. The second-order valence-corrected chi connectivity index (χ2v) is 12.9. The van der Waals surface area contributed by atoms with Crippen molar-refractivity contribution in [2.75, 3.05) is 5.75 Å². The summed E-state index contributed by atoms with van der Waals surface area (Å²) in [4.78, 5) is 61.1. The van der Waals surface area contributed by atoms with Crippen LogP contribution < -0.4 is 16.4 Å². The summed E-state index contributed by atoms with van der Waals surface area (Å²) in [5.74, 6) is -4.56. The fraction of sp³-hybridized carbons (Fsp3) is 0.516. The lowest BCUT2D eigenvalue weighted by Gasteiger charge is -2.42. The van der Waals surface area contributed by atoms with E-state index in [1.165, 1.54) is 22.9 Å². The van der Waals surface area contributed by atoms with Crippen LogP contribution in [0.15, 0.2) is 53.3 Å². The van der Waals surface area contributed by atoms with E-state index in [2.05, 4.69) is 17.4 Å². The number of thioether (sulfide) groups is 1. The van der Waals surface area contributed by atoms with Crippen molar-refractivity contribution in [2.45, 2.75) is 81.3 Å². The Morgan fingerprint density at radius 3 is 2.52 bits per heavy atom. The molecule has 6 unspecified atom stereocenters. The monoisotopic (exact) mass is 629 g/mol. The number of nitrogens with two attached hydrogens (primary N) is 1. The topological polar surface area (TPSA) is 205 Å². The van der Waals surface area contributed by atoms with Gasteiger partial charge >= 0.3 is 17.9 Å². The van der Waals surface area contributed by atoms with Gasteiger partial charge in [-0.1, -0.05) is 55.3 Å². The molecule has 44 heavy (non-hydrogen) atoms. The first-order chi connectivity index (χ1) is 20.9. The second-order valence-electron chi connectivity index (χ2n) is 11.5. The van der Waals surface area contributed by atoms with Crippen LogP contribution in [0.25, 0.3) is 0 Å². The Balaban J connectivity index is 1.56. The van der Waals surface area contributed by atoms with E-state index in [1.54, 1.807) is 0 Å². The third kappa shape index (κ3) is 7.69. The Hall–Kier alpha value is -3.68. The van der Waals surface area contributed by atoms with Crippen molar-refractivity contribution in [1.82, 2.24) is 10.6 Å². The van der Waals surface area contributed by atoms with Crippen LogP contribution in [0.2, 0.25) is 0 Å². The highest BCUT2D eigenvalue weighted by Crippen LogP contribution is 2.56. The lowest BCUT2D eigenvalue weighted by molar-refractivity contribution is -0.151. The summed E-state index contributed by atoms with van der Waals surface area (Å²) in [5.41, 5.74) is 8.85. The number of hydrogen-bond donors (Lipinski definition) is 6. The molecule has 0 aromatic heterocycles. The first kappa shape index (κ1) is 33.2. The minimum atomic E-state index is -2.19. The Morgan fingerprint density at radius 1 is 1.14 bits per heavy atom. The zero-order valence-corrected chi connectivity index (χ0v) is 25.3. The zero-order valence-electron chi connectivity index (χ0n) is 24.5. The molecule has 4 rings (SSSR count). The maximum Gasteiger partial charge on any atom is 0.353 e. The van der Waals surface area contributed by atoms with E-state index in [4.69, 9.17) is 20.7 Å². The maximum absolute atomic E-state index is 13.2. The van der Waals surface area contributed by atoms with Gasteiger partial charge in [-0.2, -0.15) is 0 Å². The summed E-state index contributed by atoms with van der Waals surface area (Å²) in [6.07, 6.45) is 3.82. The number of amides is 2. The molecule has 3 aliphatic rings. The quantitative estimate of drug-likeness (QED) is 0.0938. The number of carbonyl (C=O) groups excluding carboxylic acids is 3. The average molecular weight is 630 g/mol. The standard InChI is InChI=1S/C31H39N3O9S/c1-2-11-31(44-16-22(26(36)34-27(37)29(40)41)33-23(35)9-8-21(32)28(38)39)12-10-19-14-18(13-17-6-4-3-5-7-17)15-20-24(19)25(31)43-30(20)42/h3-7,15,19-22,27,37H,2,8-14,16,32H2,1H3,(H,33,35)(H,34,36)(H,38,39)(H,40,41). The first-order valence-corrected chi connectivity index (χ1v) is 15.7. The van der Waals surface area contributed by atoms with Crippen molar-refractivity contribution in [3.63, 3.8) is 0 Å². The van der Waals surface area contributed by atoms with E-state index in [0.717, 1.165) is 31.3 Å². The minimum Gasteiger partial charge on any atom is -0.480 e. The molecule has 1 aliphatic heterocycles. The molecule has 13 heteroatoms. The molecule has 2 amide bonds. The van der Waals surface area contributed by atoms with Gasteiger partial charge in [0, 0.05) is 12.2 Å². The summed E-state index contributed by atoms with van der Waals surface area (Å²) in [5, 5.41) is 32.3. The lowest BCUT2D eigenvalue weighted by atomic mass is 9.69. The summed E-state index contributed by atoms with van der Waals surface area (Å²) in [6.45, 7) is 2.01. The van der Waals surface area contributed by atoms with Crippen LogP contribution in [-0.2, 0) is 35.1 Å². The van der Waals surface area contributed by atoms with Crippen LogP contribution in [0, 0.1) is 11.8 Å². The number of carbonyl (C=O) groups is 5. The van der Waals surface area contributed by atoms with Gasteiger partial charge in [-0.15, -0.1) is 11.8 Å². The molecule has 7 N–H and O–H groups in total. The van der Waals surface area contributed by atoms with Gasteiger partial charge in [0.15, 0.2) is 0 Å². The van der Waals surface area contributed by atoms with Gasteiger partial charge < -0.3 is 36.4 Å². The number of carboxylic acids is 2. The predicted octanol–water partition coefficient (Wildman–Crippen LogP) is 1.86. The maximum atomic E-state index is 13.2. The highest BCUT2D eigenvalue weighted by Gasteiger charge is 2.52. The number of ether oxygens (including phenoxy) is 1. The normalized spacial score (nSPS) is 24.3. The molecule has 1 aromatic carbocycles. The molecule has 2 aliphatic carbocycles. The first-order valence-electron chi connectivity index (χ1n) is 14.8. The van der Waals surface area contributed by atoms with Crippen LogP contribution in [0.3, 0.4) is 0 Å². The molecule has 1 heterocycles. The number of benzene rings is 1. The van der Waals surface area contributed by atoms with E-state index >= 15 is 0 Å². The van der Waals surface area contributed by atoms with E-state index < -0.39 is 52.7 Å². The molecule has 0 fully saturated rings. The molecule has 0 bridgehead atoms. The van der Waals surface area contributed by atoms with Gasteiger partial charge in [0.1, 0.15) is 23.8 Å². The number of aliphatic carboxylic acids is 2. The molecule has 0 spiro atoms. The fourth-order valence-corrected chi connectivity index (χ4v) is 7.82. The van der Waals surface area contributed by atoms with Crippen LogP contribution >= 0.6 is 11.8 Å². The zero-order chi connectivity index (χ0) is 32.0. The number of hydrogen-bond acceptors (Lipinski definition) is 9. The van der Waals surface area contributed by atoms with E-state index in [-0.39, 0.29) is 30.5 Å².